The fourth-order valence-electron chi connectivity index (χ4n) is 1.67. The van der Waals surface area contributed by atoms with E-state index in [0.717, 1.165) is 23.4 Å². The van der Waals surface area contributed by atoms with Gasteiger partial charge in [0.2, 0.25) is 0 Å². The quantitative estimate of drug-likeness (QED) is 0.631. The minimum absolute atomic E-state index is 0.165. The molecule has 0 bridgehead atoms. The Kier molecular flexibility index (Phi) is 1.63. The molecule has 0 saturated heterocycles. The van der Waals surface area contributed by atoms with Gasteiger partial charge in [-0.15, -0.1) is 0 Å². The van der Waals surface area contributed by atoms with E-state index in [1.165, 1.54) is 5.56 Å². The lowest BCUT2D eigenvalue weighted by atomic mass is 10.1. The molecule has 0 amide bonds. The van der Waals surface area contributed by atoms with Gasteiger partial charge in [0.15, 0.2) is 0 Å². The molecule has 2 heteroatoms. The number of hydrogen-bond donors (Lipinski definition) is 1. The standard InChI is InChI=1S/C9H10ClN/c10-7-3-1-2-6-4-5-8(11)9(6)7/h1-3,8H,4-5,11H2/t8-/m1/s1. The molecule has 1 atom stereocenters. The van der Waals surface area contributed by atoms with E-state index >= 15 is 0 Å². The first kappa shape index (κ1) is 7.14. The summed E-state index contributed by atoms with van der Waals surface area (Å²) in [6, 6.07) is 6.16. The monoisotopic (exact) mass is 167 g/mol. The normalized spacial score (nSPS) is 21.8. The highest BCUT2D eigenvalue weighted by Gasteiger charge is 2.20. The maximum absolute atomic E-state index is 5.98. The third-order valence-electron chi connectivity index (χ3n) is 2.24. The SMILES string of the molecule is N[C@@H]1CCc2cccc(Cl)c21. The number of rotatable bonds is 0. The number of benzene rings is 1. The topological polar surface area (TPSA) is 26.0 Å². The molecule has 0 saturated carbocycles. The molecule has 1 aliphatic carbocycles. The minimum atomic E-state index is 0.165. The van der Waals surface area contributed by atoms with E-state index in [2.05, 4.69) is 6.07 Å². The molecule has 1 aliphatic rings. The van der Waals surface area contributed by atoms with Gasteiger partial charge in [0.25, 0.3) is 0 Å². The van der Waals surface area contributed by atoms with E-state index in [0.29, 0.717) is 0 Å². The zero-order valence-corrected chi connectivity index (χ0v) is 6.93. The van der Waals surface area contributed by atoms with Crippen LogP contribution in [0.5, 0.6) is 0 Å². The van der Waals surface area contributed by atoms with E-state index in [9.17, 15) is 0 Å². The van der Waals surface area contributed by atoms with Crippen LogP contribution in [-0.4, -0.2) is 0 Å². The first-order valence-electron chi connectivity index (χ1n) is 3.82. The molecule has 0 spiro atoms. The number of nitrogens with two attached hydrogens (primary N) is 1. The van der Waals surface area contributed by atoms with E-state index < -0.39 is 0 Å². The van der Waals surface area contributed by atoms with Crippen LogP contribution in [0.15, 0.2) is 18.2 Å². The summed E-state index contributed by atoms with van der Waals surface area (Å²) in [7, 11) is 0. The Labute approximate surface area is 71.2 Å². The van der Waals surface area contributed by atoms with Gasteiger partial charge in [-0.05, 0) is 30.0 Å². The van der Waals surface area contributed by atoms with Crippen molar-refractivity contribution < 1.29 is 0 Å². The second kappa shape index (κ2) is 2.50. The molecule has 2 N–H and O–H groups in total. The summed E-state index contributed by atoms with van der Waals surface area (Å²) < 4.78 is 0. The van der Waals surface area contributed by atoms with Crippen molar-refractivity contribution in [2.24, 2.45) is 5.73 Å². The predicted molar refractivity (Wildman–Crippen MR) is 46.7 cm³/mol. The lowest BCUT2D eigenvalue weighted by molar-refractivity contribution is 0.713. The molecule has 2 rings (SSSR count). The summed E-state index contributed by atoms with van der Waals surface area (Å²) in [4.78, 5) is 0. The van der Waals surface area contributed by atoms with E-state index in [1.807, 2.05) is 12.1 Å². The maximum Gasteiger partial charge on any atom is 0.0456 e. The lowest BCUT2D eigenvalue weighted by Crippen LogP contribution is -2.05. The lowest BCUT2D eigenvalue weighted by Gasteiger charge is -2.05. The van der Waals surface area contributed by atoms with Crippen LogP contribution in [0, 0.1) is 0 Å². The van der Waals surface area contributed by atoms with E-state index in [-0.39, 0.29) is 6.04 Å². The van der Waals surface area contributed by atoms with Crippen molar-refractivity contribution in [3.63, 3.8) is 0 Å². The van der Waals surface area contributed by atoms with Gasteiger partial charge in [0.1, 0.15) is 0 Å². The van der Waals surface area contributed by atoms with Gasteiger partial charge in [-0.25, -0.2) is 0 Å². The Morgan fingerprint density at radius 2 is 2.27 bits per heavy atom. The summed E-state index contributed by atoms with van der Waals surface area (Å²) in [5.74, 6) is 0. The molecule has 0 aliphatic heterocycles. The smallest absolute Gasteiger partial charge is 0.0456 e. The number of halogens is 1. The van der Waals surface area contributed by atoms with Crippen LogP contribution >= 0.6 is 11.6 Å². The van der Waals surface area contributed by atoms with Crippen LogP contribution in [0.25, 0.3) is 0 Å². The fraction of sp³-hybridized carbons (Fsp3) is 0.333. The summed E-state index contributed by atoms with van der Waals surface area (Å²) in [6.07, 6.45) is 2.12. The van der Waals surface area contributed by atoms with Crippen molar-refractivity contribution in [3.8, 4) is 0 Å². The summed E-state index contributed by atoms with van der Waals surface area (Å²) in [5.41, 5.74) is 8.35. The van der Waals surface area contributed by atoms with Crippen molar-refractivity contribution in [2.75, 3.05) is 0 Å². The molecule has 58 valence electrons. The molecule has 1 aromatic carbocycles. The molecule has 1 nitrogen and oxygen atoms in total. The zero-order chi connectivity index (χ0) is 7.84. The third kappa shape index (κ3) is 1.05. The Balaban J connectivity index is 2.58. The van der Waals surface area contributed by atoms with Gasteiger partial charge < -0.3 is 5.73 Å². The maximum atomic E-state index is 5.98. The number of fused-ring (bicyclic) bond motifs is 1. The molecule has 0 radical (unpaired) electrons. The molecule has 0 heterocycles. The number of aryl methyl sites for hydroxylation is 1. The molecule has 0 fully saturated rings. The highest BCUT2D eigenvalue weighted by molar-refractivity contribution is 6.31. The second-order valence-electron chi connectivity index (χ2n) is 2.96. The van der Waals surface area contributed by atoms with Crippen LogP contribution in [0.1, 0.15) is 23.6 Å². The molecular weight excluding hydrogens is 158 g/mol. The third-order valence-corrected chi connectivity index (χ3v) is 2.57. The van der Waals surface area contributed by atoms with Gasteiger partial charge >= 0.3 is 0 Å². The van der Waals surface area contributed by atoms with Crippen LogP contribution in [0.3, 0.4) is 0 Å². The Morgan fingerprint density at radius 1 is 1.45 bits per heavy atom. The predicted octanol–water partition coefficient (Wildman–Crippen LogP) is 2.29. The molecule has 1 aromatic rings. The van der Waals surface area contributed by atoms with Crippen molar-refractivity contribution in [1.29, 1.82) is 0 Å². The zero-order valence-electron chi connectivity index (χ0n) is 6.18. The first-order valence-corrected chi connectivity index (χ1v) is 4.19. The molecular formula is C9H10ClN. The molecule has 0 aromatic heterocycles. The Morgan fingerprint density at radius 3 is 3.00 bits per heavy atom. The van der Waals surface area contributed by atoms with E-state index in [1.54, 1.807) is 0 Å². The molecule has 0 unspecified atom stereocenters. The summed E-state index contributed by atoms with van der Waals surface area (Å²) in [6.45, 7) is 0. The summed E-state index contributed by atoms with van der Waals surface area (Å²) in [5, 5.41) is 0.826. The van der Waals surface area contributed by atoms with Gasteiger partial charge in [0, 0.05) is 11.1 Å². The fourth-order valence-corrected chi connectivity index (χ4v) is 2.00. The largest absolute Gasteiger partial charge is 0.324 e. The van der Waals surface area contributed by atoms with Crippen LogP contribution in [0.2, 0.25) is 5.02 Å². The minimum Gasteiger partial charge on any atom is -0.324 e. The van der Waals surface area contributed by atoms with Crippen LogP contribution in [-0.2, 0) is 6.42 Å². The first-order chi connectivity index (χ1) is 5.29. The van der Waals surface area contributed by atoms with Crippen molar-refractivity contribution in [1.82, 2.24) is 0 Å². The second-order valence-corrected chi connectivity index (χ2v) is 3.37. The Hall–Kier alpha value is -0.530. The number of hydrogen-bond acceptors (Lipinski definition) is 1. The van der Waals surface area contributed by atoms with Gasteiger partial charge in [-0.1, -0.05) is 23.7 Å². The average Bonchev–Trinajstić information content (AvgIpc) is 2.34. The van der Waals surface area contributed by atoms with Crippen LogP contribution < -0.4 is 5.73 Å². The summed E-state index contributed by atoms with van der Waals surface area (Å²) >= 11 is 5.98. The van der Waals surface area contributed by atoms with Crippen molar-refractivity contribution in [2.45, 2.75) is 18.9 Å². The van der Waals surface area contributed by atoms with Crippen molar-refractivity contribution >= 4 is 11.6 Å². The van der Waals surface area contributed by atoms with E-state index in [4.69, 9.17) is 17.3 Å². The van der Waals surface area contributed by atoms with Crippen LogP contribution in [0.4, 0.5) is 0 Å². The van der Waals surface area contributed by atoms with Crippen molar-refractivity contribution in [3.05, 3.63) is 34.3 Å². The Bertz CT molecular complexity index is 283. The highest BCUT2D eigenvalue weighted by Crippen LogP contribution is 2.34. The highest BCUT2D eigenvalue weighted by atomic mass is 35.5. The van der Waals surface area contributed by atoms with Gasteiger partial charge in [-0.3, -0.25) is 0 Å². The van der Waals surface area contributed by atoms with Gasteiger partial charge in [0.05, 0.1) is 0 Å². The molecule has 11 heavy (non-hydrogen) atoms. The average molecular weight is 168 g/mol. The van der Waals surface area contributed by atoms with Gasteiger partial charge in [-0.2, -0.15) is 0 Å².